The quantitative estimate of drug-likeness (QED) is 0.785. The van der Waals surface area contributed by atoms with Crippen molar-refractivity contribution in [3.63, 3.8) is 0 Å². The number of hydrogen-bond donors (Lipinski definition) is 2. The van der Waals surface area contributed by atoms with Crippen molar-refractivity contribution in [3.8, 4) is 0 Å². The van der Waals surface area contributed by atoms with Gasteiger partial charge in [0.25, 0.3) is 0 Å². The molecule has 25 heavy (non-hydrogen) atoms. The molecule has 3 rings (SSSR count). The Morgan fingerprint density at radius 1 is 1.52 bits per heavy atom. The molecule has 8 nitrogen and oxygen atoms in total. The van der Waals surface area contributed by atoms with Crippen LogP contribution in [-0.2, 0) is 9.53 Å². The molecule has 0 spiro atoms. The summed E-state index contributed by atoms with van der Waals surface area (Å²) in [6.45, 7) is 3.71. The molecular formula is C16H22FN5O3. The summed E-state index contributed by atoms with van der Waals surface area (Å²) >= 11 is 0. The third-order valence-electron chi connectivity index (χ3n) is 3.61. The summed E-state index contributed by atoms with van der Waals surface area (Å²) in [6, 6.07) is 4.73. The minimum Gasteiger partial charge on any atom is -0.443 e. The van der Waals surface area contributed by atoms with Gasteiger partial charge in [-0.15, -0.1) is 0 Å². The Morgan fingerprint density at radius 2 is 2.28 bits per heavy atom. The van der Waals surface area contributed by atoms with E-state index in [4.69, 9.17) is 9.53 Å². The summed E-state index contributed by atoms with van der Waals surface area (Å²) in [5.74, 6) is -0.393. The molecule has 1 aromatic carbocycles. The van der Waals surface area contributed by atoms with Crippen LogP contribution in [0.15, 0.2) is 23.3 Å². The standard InChI is InChI=1S/C14H18FN5O2.C2H4O/c1-16-7-11-8-20(14(21)22-11)10-2-3-13(12(15)6-10)19-5-4-17-18-9-19;1-2-3/h2-3,6,9,11,16-17H,4-5,7-8H2,1H3;2H,1H3. The van der Waals surface area contributed by atoms with E-state index in [0.717, 1.165) is 6.29 Å². The number of ether oxygens (including phenoxy) is 1. The van der Waals surface area contributed by atoms with E-state index in [9.17, 15) is 9.18 Å². The molecule has 2 N–H and O–H groups in total. The molecule has 1 unspecified atom stereocenters. The van der Waals surface area contributed by atoms with Gasteiger partial charge in [0.1, 0.15) is 24.5 Å². The second-order valence-corrected chi connectivity index (χ2v) is 5.39. The molecule has 9 heteroatoms. The number of likely N-dealkylation sites (N-methyl/N-ethyl adjacent to an activating group) is 1. The number of carbonyl (C=O) groups excluding carboxylic acids is 2. The maximum absolute atomic E-state index is 14.3. The minimum atomic E-state index is -0.448. The number of cyclic esters (lactones) is 1. The van der Waals surface area contributed by atoms with E-state index in [1.165, 1.54) is 17.9 Å². The first-order valence-electron chi connectivity index (χ1n) is 7.95. The first-order chi connectivity index (χ1) is 12.1. The van der Waals surface area contributed by atoms with E-state index in [-0.39, 0.29) is 6.10 Å². The summed E-state index contributed by atoms with van der Waals surface area (Å²) in [7, 11) is 1.79. The van der Waals surface area contributed by atoms with Crippen LogP contribution in [0.3, 0.4) is 0 Å². The maximum Gasteiger partial charge on any atom is 0.414 e. The normalized spacial score (nSPS) is 19.0. The predicted octanol–water partition coefficient (Wildman–Crippen LogP) is 0.928. The average Bonchev–Trinajstić information content (AvgIpc) is 2.97. The number of nitrogens with one attached hydrogen (secondary N) is 2. The fourth-order valence-corrected chi connectivity index (χ4v) is 2.55. The first kappa shape index (κ1) is 18.7. The second-order valence-electron chi connectivity index (χ2n) is 5.39. The van der Waals surface area contributed by atoms with Crippen molar-refractivity contribution in [1.82, 2.24) is 10.7 Å². The number of carbonyl (C=O) groups is 2. The number of aldehydes is 1. The summed E-state index contributed by atoms with van der Waals surface area (Å²) in [4.78, 5) is 23.8. The molecule has 2 aliphatic rings. The van der Waals surface area contributed by atoms with Crippen LogP contribution < -0.4 is 20.5 Å². The number of hydrogen-bond acceptors (Lipinski definition) is 7. The molecule has 0 bridgehead atoms. The van der Waals surface area contributed by atoms with Crippen LogP contribution >= 0.6 is 0 Å². The van der Waals surface area contributed by atoms with Gasteiger partial charge in [0.15, 0.2) is 0 Å². The van der Waals surface area contributed by atoms with Crippen LogP contribution in [0, 0.1) is 5.82 Å². The molecule has 1 saturated heterocycles. The number of benzene rings is 1. The summed E-state index contributed by atoms with van der Waals surface area (Å²) in [5, 5.41) is 6.87. The molecule has 0 radical (unpaired) electrons. The van der Waals surface area contributed by atoms with Crippen molar-refractivity contribution in [2.75, 3.05) is 43.0 Å². The summed E-state index contributed by atoms with van der Waals surface area (Å²) < 4.78 is 19.6. The highest BCUT2D eigenvalue weighted by atomic mass is 19.1. The lowest BCUT2D eigenvalue weighted by Gasteiger charge is -2.24. The van der Waals surface area contributed by atoms with E-state index >= 15 is 0 Å². The van der Waals surface area contributed by atoms with Crippen molar-refractivity contribution >= 4 is 30.1 Å². The van der Waals surface area contributed by atoms with Gasteiger partial charge in [0, 0.05) is 13.1 Å². The van der Waals surface area contributed by atoms with Gasteiger partial charge in [-0.1, -0.05) is 0 Å². The SMILES string of the molecule is CC=O.CNCC1CN(c2ccc(N3C=NNCC3)c(F)c2)C(=O)O1. The van der Waals surface area contributed by atoms with E-state index in [1.807, 2.05) is 0 Å². The van der Waals surface area contributed by atoms with Gasteiger partial charge < -0.3 is 25.2 Å². The largest absolute Gasteiger partial charge is 0.443 e. The van der Waals surface area contributed by atoms with E-state index in [2.05, 4.69) is 15.8 Å². The highest BCUT2D eigenvalue weighted by Crippen LogP contribution is 2.27. The number of halogens is 1. The van der Waals surface area contributed by atoms with Gasteiger partial charge >= 0.3 is 6.09 Å². The third kappa shape index (κ3) is 4.66. The highest BCUT2D eigenvalue weighted by molar-refractivity contribution is 5.90. The monoisotopic (exact) mass is 351 g/mol. The Morgan fingerprint density at radius 3 is 2.88 bits per heavy atom. The Kier molecular flexibility index (Phi) is 6.70. The minimum absolute atomic E-state index is 0.222. The van der Waals surface area contributed by atoms with Crippen LogP contribution in [-0.4, -0.2) is 58.0 Å². The number of amides is 1. The third-order valence-corrected chi connectivity index (χ3v) is 3.61. The molecule has 0 aliphatic carbocycles. The van der Waals surface area contributed by atoms with E-state index in [1.54, 1.807) is 30.4 Å². The molecular weight excluding hydrogens is 329 g/mol. The smallest absolute Gasteiger partial charge is 0.414 e. The van der Waals surface area contributed by atoms with Gasteiger partial charge in [0.2, 0.25) is 0 Å². The van der Waals surface area contributed by atoms with Crippen molar-refractivity contribution in [1.29, 1.82) is 0 Å². The lowest BCUT2D eigenvalue weighted by Crippen LogP contribution is -2.35. The Labute approximate surface area is 145 Å². The molecule has 0 aromatic heterocycles. The van der Waals surface area contributed by atoms with Gasteiger partial charge in [-0.25, -0.2) is 9.18 Å². The van der Waals surface area contributed by atoms with Crippen LogP contribution in [0.25, 0.3) is 0 Å². The van der Waals surface area contributed by atoms with Crippen LogP contribution in [0.5, 0.6) is 0 Å². The summed E-state index contributed by atoms with van der Waals surface area (Å²) in [5.41, 5.74) is 3.75. The Bertz CT molecular complexity index is 640. The number of hydrazone groups is 1. The van der Waals surface area contributed by atoms with Gasteiger partial charge in [-0.05, 0) is 32.2 Å². The lowest BCUT2D eigenvalue weighted by molar-refractivity contribution is -0.106. The fraction of sp³-hybridized carbons (Fsp3) is 0.438. The van der Waals surface area contributed by atoms with Crippen molar-refractivity contribution < 1.29 is 18.7 Å². The van der Waals surface area contributed by atoms with E-state index < -0.39 is 11.9 Å². The molecule has 0 saturated carbocycles. The maximum atomic E-state index is 14.3. The zero-order chi connectivity index (χ0) is 18.2. The Hall–Kier alpha value is -2.68. The van der Waals surface area contributed by atoms with Crippen molar-refractivity contribution in [3.05, 3.63) is 24.0 Å². The number of nitrogens with zero attached hydrogens (tertiary/aromatic N) is 3. The fourth-order valence-electron chi connectivity index (χ4n) is 2.55. The lowest BCUT2D eigenvalue weighted by atomic mass is 10.2. The van der Waals surface area contributed by atoms with Gasteiger partial charge in [-0.2, -0.15) is 5.10 Å². The highest BCUT2D eigenvalue weighted by Gasteiger charge is 2.32. The Balaban J connectivity index is 0.000000701. The van der Waals surface area contributed by atoms with Crippen LogP contribution in [0.2, 0.25) is 0 Å². The first-order valence-corrected chi connectivity index (χ1v) is 7.95. The molecule has 1 aromatic rings. The number of anilines is 2. The zero-order valence-corrected chi connectivity index (χ0v) is 14.2. The van der Waals surface area contributed by atoms with Crippen LogP contribution in [0.4, 0.5) is 20.6 Å². The predicted molar refractivity (Wildman–Crippen MR) is 93.5 cm³/mol. The van der Waals surface area contributed by atoms with Crippen molar-refractivity contribution in [2.24, 2.45) is 5.10 Å². The van der Waals surface area contributed by atoms with Crippen LogP contribution in [0.1, 0.15) is 6.92 Å². The molecule has 1 atom stereocenters. The number of rotatable bonds is 4. The second kappa shape index (κ2) is 8.97. The van der Waals surface area contributed by atoms with Gasteiger partial charge in [0.05, 0.1) is 24.5 Å². The molecule has 136 valence electrons. The average molecular weight is 351 g/mol. The zero-order valence-electron chi connectivity index (χ0n) is 14.2. The molecule has 1 fully saturated rings. The molecule has 1 amide bonds. The summed E-state index contributed by atoms with van der Waals surface area (Å²) in [6.07, 6.45) is 1.63. The van der Waals surface area contributed by atoms with Gasteiger partial charge in [-0.3, -0.25) is 4.90 Å². The van der Waals surface area contributed by atoms with Crippen molar-refractivity contribution in [2.45, 2.75) is 13.0 Å². The molecule has 2 heterocycles. The molecule has 2 aliphatic heterocycles. The van der Waals surface area contributed by atoms with E-state index in [0.29, 0.717) is 37.6 Å². The topological polar surface area (TPSA) is 86.3 Å².